The van der Waals surface area contributed by atoms with Crippen LogP contribution in [-0.4, -0.2) is 27.4 Å². The van der Waals surface area contributed by atoms with Gasteiger partial charge >= 0.3 is 0 Å². The maximum atomic E-state index is 10.7. The largest absolute Gasteiger partial charge is 0.491 e. The number of aliphatic hydroxyl groups is 1. The van der Waals surface area contributed by atoms with Crippen LogP contribution in [0.1, 0.15) is 43.0 Å². The number of aromatic nitrogens is 2. The third-order valence-corrected chi connectivity index (χ3v) is 5.57. The second kappa shape index (κ2) is 9.95. The van der Waals surface area contributed by atoms with Gasteiger partial charge in [-0.05, 0) is 43.0 Å². The molecule has 0 amide bonds. The maximum Gasteiger partial charge on any atom is 0.122 e. The van der Waals surface area contributed by atoms with Crippen molar-refractivity contribution in [2.75, 3.05) is 6.61 Å². The number of allylic oxidation sites excluding steroid dienone is 1. The van der Waals surface area contributed by atoms with Crippen LogP contribution in [-0.2, 0) is 13.0 Å². The van der Waals surface area contributed by atoms with Crippen molar-refractivity contribution in [3.63, 3.8) is 0 Å². The van der Waals surface area contributed by atoms with Crippen molar-refractivity contribution in [3.05, 3.63) is 72.6 Å². The molecule has 1 saturated carbocycles. The molecular weight excluding hydrogens is 384 g/mol. The van der Waals surface area contributed by atoms with Crippen molar-refractivity contribution in [2.24, 2.45) is 0 Å². The third-order valence-electron chi connectivity index (χ3n) is 5.57. The summed E-state index contributed by atoms with van der Waals surface area (Å²) in [6.07, 6.45) is 6.91. The van der Waals surface area contributed by atoms with Crippen LogP contribution in [0.15, 0.2) is 61.2 Å². The van der Waals surface area contributed by atoms with E-state index in [9.17, 15) is 5.11 Å². The summed E-state index contributed by atoms with van der Waals surface area (Å²) in [5.41, 5.74) is 3.19. The predicted octanol–water partition coefficient (Wildman–Crippen LogP) is 5.28. The van der Waals surface area contributed by atoms with Gasteiger partial charge in [0, 0.05) is 5.92 Å². The first-order chi connectivity index (χ1) is 13.8. The molecule has 1 aliphatic carbocycles. The van der Waals surface area contributed by atoms with E-state index in [0.717, 1.165) is 34.6 Å². The molecule has 1 fully saturated rings. The van der Waals surface area contributed by atoms with Crippen LogP contribution < -0.4 is 4.74 Å². The van der Waals surface area contributed by atoms with Gasteiger partial charge in [0.2, 0.25) is 0 Å². The van der Waals surface area contributed by atoms with Crippen LogP contribution >= 0.6 is 12.4 Å². The van der Waals surface area contributed by atoms with Gasteiger partial charge in [0.15, 0.2) is 0 Å². The minimum atomic E-state index is -0.602. The van der Waals surface area contributed by atoms with Crippen molar-refractivity contribution in [1.29, 1.82) is 0 Å². The number of nitrogens with zero attached hydrogens (tertiary/aromatic N) is 2. The Balaban J connectivity index is 0.00000240. The Labute approximate surface area is 178 Å². The molecule has 154 valence electrons. The molecule has 3 aromatic rings. The molecule has 0 aliphatic heterocycles. The maximum absolute atomic E-state index is 10.7. The number of halogens is 1. The van der Waals surface area contributed by atoms with E-state index >= 15 is 0 Å². The third kappa shape index (κ3) is 4.82. The standard InChI is InChI=1S/C24H28N2O2.ClH/c1-2-9-18-10-5-8-15-23(18)28-17-20(27)16-26-22-14-7-6-13-21(22)25-24(26)19-11-3-4-12-19;/h2,5-8,10,13-15,19-20,27H,1,3-4,9,11-12,16-17H2;1H. The average molecular weight is 413 g/mol. The number of rotatable bonds is 8. The second-order valence-electron chi connectivity index (χ2n) is 7.62. The molecule has 0 spiro atoms. The molecule has 4 rings (SSSR count). The van der Waals surface area contributed by atoms with E-state index in [0.29, 0.717) is 12.5 Å². The molecule has 1 heterocycles. The molecule has 0 saturated heterocycles. The number of benzene rings is 2. The Kier molecular flexibility index (Phi) is 7.34. The van der Waals surface area contributed by atoms with E-state index in [2.05, 4.69) is 23.3 Å². The first kappa shape index (κ1) is 21.4. The van der Waals surface area contributed by atoms with Crippen molar-refractivity contribution < 1.29 is 9.84 Å². The lowest BCUT2D eigenvalue weighted by atomic mass is 10.1. The van der Waals surface area contributed by atoms with Gasteiger partial charge in [-0.2, -0.15) is 0 Å². The second-order valence-corrected chi connectivity index (χ2v) is 7.62. The number of aliphatic hydroxyl groups excluding tert-OH is 1. The number of ether oxygens (including phenoxy) is 1. The summed E-state index contributed by atoms with van der Waals surface area (Å²) in [5.74, 6) is 2.42. The van der Waals surface area contributed by atoms with E-state index in [1.54, 1.807) is 0 Å². The minimum Gasteiger partial charge on any atom is -0.491 e. The summed E-state index contributed by atoms with van der Waals surface area (Å²) in [5, 5.41) is 10.7. The van der Waals surface area contributed by atoms with Gasteiger partial charge in [0.05, 0.1) is 17.6 Å². The normalized spacial score (nSPS) is 15.2. The first-order valence-corrected chi connectivity index (χ1v) is 10.2. The molecular formula is C24H29ClN2O2. The number of hydrogen-bond acceptors (Lipinski definition) is 3. The monoisotopic (exact) mass is 412 g/mol. The smallest absolute Gasteiger partial charge is 0.122 e. The van der Waals surface area contributed by atoms with E-state index in [-0.39, 0.29) is 19.0 Å². The van der Waals surface area contributed by atoms with Crippen LogP contribution in [0.5, 0.6) is 5.75 Å². The Morgan fingerprint density at radius 3 is 2.66 bits per heavy atom. The molecule has 1 N–H and O–H groups in total. The van der Waals surface area contributed by atoms with Gasteiger partial charge in [-0.3, -0.25) is 0 Å². The lowest BCUT2D eigenvalue weighted by molar-refractivity contribution is 0.0920. The highest BCUT2D eigenvalue weighted by molar-refractivity contribution is 5.85. The van der Waals surface area contributed by atoms with Gasteiger partial charge < -0.3 is 14.4 Å². The molecule has 1 aromatic heterocycles. The highest BCUT2D eigenvalue weighted by atomic mass is 35.5. The lowest BCUT2D eigenvalue weighted by Gasteiger charge is -2.18. The minimum absolute atomic E-state index is 0. The van der Waals surface area contributed by atoms with Crippen molar-refractivity contribution in [1.82, 2.24) is 9.55 Å². The molecule has 0 radical (unpaired) electrons. The zero-order valence-corrected chi connectivity index (χ0v) is 17.5. The van der Waals surface area contributed by atoms with Gasteiger partial charge in [-0.25, -0.2) is 4.98 Å². The molecule has 5 heteroatoms. The van der Waals surface area contributed by atoms with Crippen LogP contribution in [0.4, 0.5) is 0 Å². The SMILES string of the molecule is C=CCc1ccccc1OCC(O)Cn1c(C2CCCC2)nc2ccccc21.Cl. The van der Waals surface area contributed by atoms with Crippen LogP contribution in [0, 0.1) is 0 Å². The highest BCUT2D eigenvalue weighted by Crippen LogP contribution is 2.35. The van der Waals surface area contributed by atoms with Gasteiger partial charge in [-0.15, -0.1) is 19.0 Å². The lowest BCUT2D eigenvalue weighted by Crippen LogP contribution is -2.25. The Morgan fingerprint density at radius 2 is 1.86 bits per heavy atom. The van der Waals surface area contributed by atoms with Crippen LogP contribution in [0.25, 0.3) is 11.0 Å². The fourth-order valence-corrected chi connectivity index (χ4v) is 4.20. The molecule has 1 atom stereocenters. The molecule has 1 unspecified atom stereocenters. The molecule has 0 bridgehead atoms. The van der Waals surface area contributed by atoms with Crippen molar-refractivity contribution in [3.8, 4) is 5.75 Å². The van der Waals surface area contributed by atoms with Gasteiger partial charge in [-0.1, -0.05) is 49.2 Å². The Morgan fingerprint density at radius 1 is 1.14 bits per heavy atom. The summed E-state index contributed by atoms with van der Waals surface area (Å²) in [6.45, 7) is 4.55. The Hall–Kier alpha value is -2.30. The topological polar surface area (TPSA) is 47.3 Å². The summed E-state index contributed by atoms with van der Waals surface area (Å²) in [6, 6.07) is 16.1. The molecule has 2 aromatic carbocycles. The fourth-order valence-electron chi connectivity index (χ4n) is 4.20. The summed E-state index contributed by atoms with van der Waals surface area (Å²) < 4.78 is 8.15. The van der Waals surface area contributed by atoms with Crippen molar-refractivity contribution in [2.45, 2.75) is 50.7 Å². The number of para-hydroxylation sites is 3. The van der Waals surface area contributed by atoms with Gasteiger partial charge in [0.1, 0.15) is 24.3 Å². The summed E-state index contributed by atoms with van der Waals surface area (Å²) in [7, 11) is 0. The van der Waals surface area contributed by atoms with E-state index in [1.807, 2.05) is 42.5 Å². The van der Waals surface area contributed by atoms with Gasteiger partial charge in [0.25, 0.3) is 0 Å². The number of fused-ring (bicyclic) bond motifs is 1. The van der Waals surface area contributed by atoms with Crippen molar-refractivity contribution >= 4 is 23.4 Å². The predicted molar refractivity (Wildman–Crippen MR) is 120 cm³/mol. The van der Waals surface area contributed by atoms with Crippen LogP contribution in [0.3, 0.4) is 0 Å². The van der Waals surface area contributed by atoms with Crippen LogP contribution in [0.2, 0.25) is 0 Å². The zero-order chi connectivity index (χ0) is 19.3. The summed E-state index contributed by atoms with van der Waals surface area (Å²) >= 11 is 0. The Bertz CT molecular complexity index is 947. The quantitative estimate of drug-likeness (QED) is 0.512. The summed E-state index contributed by atoms with van der Waals surface area (Å²) in [4.78, 5) is 4.90. The average Bonchev–Trinajstić information content (AvgIpc) is 3.36. The zero-order valence-electron chi connectivity index (χ0n) is 16.7. The first-order valence-electron chi connectivity index (χ1n) is 10.2. The molecule has 1 aliphatic rings. The number of hydrogen-bond donors (Lipinski definition) is 1. The number of imidazole rings is 1. The highest BCUT2D eigenvalue weighted by Gasteiger charge is 2.24. The fraction of sp³-hybridized carbons (Fsp3) is 0.375. The van der Waals surface area contributed by atoms with E-state index in [4.69, 9.17) is 9.72 Å². The van der Waals surface area contributed by atoms with E-state index in [1.165, 1.54) is 25.7 Å². The molecule has 29 heavy (non-hydrogen) atoms. The molecule has 4 nitrogen and oxygen atoms in total. The van der Waals surface area contributed by atoms with E-state index < -0.39 is 6.10 Å².